The summed E-state index contributed by atoms with van der Waals surface area (Å²) in [7, 11) is 0. The molecular weight excluding hydrogens is 368 g/mol. The van der Waals surface area contributed by atoms with Crippen LogP contribution >= 0.6 is 23.1 Å². The largest absolute Gasteiger partial charge is 0.489 e. The number of amides is 1. The van der Waals surface area contributed by atoms with E-state index in [1.54, 1.807) is 0 Å². The van der Waals surface area contributed by atoms with E-state index in [0.717, 1.165) is 17.0 Å². The summed E-state index contributed by atoms with van der Waals surface area (Å²) in [6.45, 7) is 0.420. The summed E-state index contributed by atoms with van der Waals surface area (Å²) < 4.78 is 6.59. The van der Waals surface area contributed by atoms with E-state index in [1.165, 1.54) is 23.1 Å². The Hall–Kier alpha value is -2.58. The van der Waals surface area contributed by atoms with Gasteiger partial charge in [-0.3, -0.25) is 9.69 Å². The van der Waals surface area contributed by atoms with Gasteiger partial charge in [0.05, 0.1) is 17.5 Å². The Morgan fingerprint density at radius 2 is 1.96 bits per heavy atom. The van der Waals surface area contributed by atoms with Gasteiger partial charge in [-0.2, -0.15) is 0 Å². The van der Waals surface area contributed by atoms with Crippen molar-refractivity contribution in [2.45, 2.75) is 10.4 Å². The maximum Gasteiger partial charge on any atom is 0.238 e. The minimum atomic E-state index is -0.168. The van der Waals surface area contributed by atoms with Crippen molar-refractivity contribution in [3.05, 3.63) is 60.2 Å². The van der Waals surface area contributed by atoms with Gasteiger partial charge in [0.1, 0.15) is 12.4 Å². The fraction of sp³-hybridized carbons (Fsp3) is 0.167. The quantitative estimate of drug-likeness (QED) is 0.695. The third-order valence-electron chi connectivity index (χ3n) is 4.03. The van der Waals surface area contributed by atoms with Crippen LogP contribution in [-0.2, 0) is 4.79 Å². The third-order valence-corrected chi connectivity index (χ3v) is 5.90. The second kappa shape index (κ2) is 7.35. The Morgan fingerprint density at radius 1 is 1.19 bits per heavy atom. The summed E-state index contributed by atoms with van der Waals surface area (Å²) >= 11 is 2.63. The summed E-state index contributed by atoms with van der Waals surface area (Å²) in [5.74, 6) is 0.971. The standard InChI is InChI=1S/C18H16N4O2S2/c19-17-20-21-18(26-17)25-11-16(23)22-13-8-4-5-9-15(13)24-10-14(22)12-6-2-1-3-7-12/h1-9,14H,10-11H2,(H2,19,20)/t14-/m1/s1. The minimum Gasteiger partial charge on any atom is -0.489 e. The van der Waals surface area contributed by atoms with Crippen LogP contribution in [0.4, 0.5) is 10.8 Å². The Bertz CT molecular complexity index is 916. The molecule has 0 bridgehead atoms. The van der Waals surface area contributed by atoms with Crippen LogP contribution in [0, 0.1) is 0 Å². The molecule has 0 aliphatic carbocycles. The lowest BCUT2D eigenvalue weighted by Crippen LogP contribution is -2.42. The minimum absolute atomic E-state index is 0.00613. The molecule has 2 aromatic carbocycles. The van der Waals surface area contributed by atoms with Gasteiger partial charge in [-0.1, -0.05) is 65.6 Å². The maximum atomic E-state index is 13.1. The first kappa shape index (κ1) is 16.9. The zero-order valence-corrected chi connectivity index (χ0v) is 15.4. The highest BCUT2D eigenvalue weighted by Crippen LogP contribution is 2.40. The Kier molecular flexibility index (Phi) is 4.77. The number of rotatable bonds is 4. The Balaban J connectivity index is 1.62. The fourth-order valence-corrected chi connectivity index (χ4v) is 4.39. The molecule has 1 aromatic heterocycles. The number of fused-ring (bicyclic) bond motifs is 1. The predicted molar refractivity (Wildman–Crippen MR) is 104 cm³/mol. The highest BCUT2D eigenvalue weighted by Gasteiger charge is 2.33. The van der Waals surface area contributed by atoms with Crippen molar-refractivity contribution in [3.63, 3.8) is 0 Å². The second-order valence-corrected chi connectivity index (χ2v) is 7.90. The number of thioether (sulfide) groups is 1. The zero-order valence-electron chi connectivity index (χ0n) is 13.7. The van der Waals surface area contributed by atoms with Crippen molar-refractivity contribution in [1.82, 2.24) is 10.2 Å². The lowest BCUT2D eigenvalue weighted by Gasteiger charge is -2.37. The van der Waals surface area contributed by atoms with Gasteiger partial charge in [0, 0.05) is 0 Å². The molecule has 2 heterocycles. The van der Waals surface area contributed by atoms with E-state index >= 15 is 0 Å². The van der Waals surface area contributed by atoms with Gasteiger partial charge in [-0.05, 0) is 17.7 Å². The molecule has 8 heteroatoms. The summed E-state index contributed by atoms with van der Waals surface area (Å²) in [4.78, 5) is 14.9. The van der Waals surface area contributed by atoms with Gasteiger partial charge in [-0.15, -0.1) is 10.2 Å². The number of nitrogens with zero attached hydrogens (tertiary/aromatic N) is 3. The van der Waals surface area contributed by atoms with E-state index in [2.05, 4.69) is 10.2 Å². The Labute approximate surface area is 159 Å². The van der Waals surface area contributed by atoms with E-state index in [0.29, 0.717) is 16.1 Å². The number of anilines is 2. The number of para-hydroxylation sites is 2. The SMILES string of the molecule is Nc1nnc(SCC(=O)N2c3ccccc3OC[C@@H]2c2ccccc2)s1. The lowest BCUT2D eigenvalue weighted by molar-refractivity contribution is -0.117. The topological polar surface area (TPSA) is 81.3 Å². The van der Waals surface area contributed by atoms with Crippen LogP contribution in [0.5, 0.6) is 5.75 Å². The van der Waals surface area contributed by atoms with Crippen LogP contribution in [0.25, 0.3) is 0 Å². The molecule has 4 rings (SSSR count). The molecule has 2 N–H and O–H groups in total. The molecule has 26 heavy (non-hydrogen) atoms. The first-order valence-electron chi connectivity index (χ1n) is 8.03. The van der Waals surface area contributed by atoms with Crippen LogP contribution in [0.3, 0.4) is 0 Å². The molecular formula is C18H16N4O2S2. The molecule has 0 fully saturated rings. The van der Waals surface area contributed by atoms with Crippen molar-refractivity contribution in [2.75, 3.05) is 23.0 Å². The summed E-state index contributed by atoms with van der Waals surface area (Å²) in [5.41, 5.74) is 7.44. The molecule has 1 aliphatic rings. The van der Waals surface area contributed by atoms with Gasteiger partial charge >= 0.3 is 0 Å². The van der Waals surface area contributed by atoms with E-state index in [4.69, 9.17) is 10.5 Å². The Morgan fingerprint density at radius 3 is 2.73 bits per heavy atom. The first-order chi connectivity index (χ1) is 12.7. The van der Waals surface area contributed by atoms with E-state index in [9.17, 15) is 4.79 Å². The molecule has 132 valence electrons. The average molecular weight is 384 g/mol. The average Bonchev–Trinajstić information content (AvgIpc) is 3.11. The number of carbonyl (C=O) groups excluding carboxylic acids is 1. The van der Waals surface area contributed by atoms with E-state index < -0.39 is 0 Å². The fourth-order valence-electron chi connectivity index (χ4n) is 2.89. The molecule has 0 unspecified atom stereocenters. The molecule has 1 amide bonds. The number of hydrogen-bond acceptors (Lipinski definition) is 7. The van der Waals surface area contributed by atoms with Crippen molar-refractivity contribution in [2.24, 2.45) is 0 Å². The molecule has 1 atom stereocenters. The number of hydrogen-bond donors (Lipinski definition) is 1. The number of nitrogens with two attached hydrogens (primary N) is 1. The van der Waals surface area contributed by atoms with Gasteiger partial charge < -0.3 is 10.5 Å². The van der Waals surface area contributed by atoms with E-state index in [1.807, 2.05) is 59.5 Å². The van der Waals surface area contributed by atoms with Crippen molar-refractivity contribution in [1.29, 1.82) is 0 Å². The van der Waals surface area contributed by atoms with Crippen LogP contribution < -0.4 is 15.4 Å². The molecule has 0 spiro atoms. The van der Waals surface area contributed by atoms with Gasteiger partial charge in [0.25, 0.3) is 0 Å². The molecule has 1 aliphatic heterocycles. The number of aromatic nitrogens is 2. The monoisotopic (exact) mass is 384 g/mol. The summed E-state index contributed by atoms with van der Waals surface area (Å²) in [5, 5.41) is 8.15. The number of benzene rings is 2. The third kappa shape index (κ3) is 3.38. The summed E-state index contributed by atoms with van der Waals surface area (Å²) in [6, 6.07) is 17.4. The van der Waals surface area contributed by atoms with Crippen LogP contribution in [0.2, 0.25) is 0 Å². The number of nitrogen functional groups attached to an aromatic ring is 1. The predicted octanol–water partition coefficient (Wildman–Crippen LogP) is 3.38. The van der Waals surface area contributed by atoms with Crippen LogP contribution in [0.1, 0.15) is 11.6 Å². The van der Waals surface area contributed by atoms with Gasteiger partial charge in [0.2, 0.25) is 11.0 Å². The smallest absolute Gasteiger partial charge is 0.238 e. The van der Waals surface area contributed by atoms with Gasteiger partial charge in [-0.25, -0.2) is 0 Å². The van der Waals surface area contributed by atoms with E-state index in [-0.39, 0.29) is 17.7 Å². The van der Waals surface area contributed by atoms with Crippen molar-refractivity contribution < 1.29 is 9.53 Å². The lowest BCUT2D eigenvalue weighted by atomic mass is 10.0. The highest BCUT2D eigenvalue weighted by atomic mass is 32.2. The zero-order chi connectivity index (χ0) is 17.9. The number of ether oxygens (including phenoxy) is 1. The normalized spacial score (nSPS) is 16.0. The van der Waals surface area contributed by atoms with Crippen molar-refractivity contribution >= 4 is 39.8 Å². The molecule has 6 nitrogen and oxygen atoms in total. The molecule has 0 saturated carbocycles. The molecule has 0 radical (unpaired) electrons. The van der Waals surface area contributed by atoms with Crippen LogP contribution in [-0.4, -0.2) is 28.5 Å². The molecule has 0 saturated heterocycles. The van der Waals surface area contributed by atoms with Gasteiger partial charge in [0.15, 0.2) is 4.34 Å². The summed E-state index contributed by atoms with van der Waals surface area (Å²) in [6.07, 6.45) is 0. The second-order valence-electron chi connectivity index (χ2n) is 5.66. The number of carbonyl (C=O) groups is 1. The van der Waals surface area contributed by atoms with Crippen LogP contribution in [0.15, 0.2) is 58.9 Å². The van der Waals surface area contributed by atoms with Crippen molar-refractivity contribution in [3.8, 4) is 5.75 Å². The molecule has 3 aromatic rings. The maximum absolute atomic E-state index is 13.1. The first-order valence-corrected chi connectivity index (χ1v) is 9.83. The highest BCUT2D eigenvalue weighted by molar-refractivity contribution is 8.01.